The minimum Gasteiger partial charge on any atom is -0.340 e. The Hall–Kier alpha value is -4.61. The van der Waals surface area contributed by atoms with Gasteiger partial charge in [-0.2, -0.15) is 31.4 Å². The molecule has 0 aliphatic carbocycles. The van der Waals surface area contributed by atoms with Crippen molar-refractivity contribution in [3.8, 4) is 5.69 Å². The normalized spacial score (nSPS) is 13.0. The van der Waals surface area contributed by atoms with Crippen LogP contribution in [0.15, 0.2) is 78.9 Å². The summed E-state index contributed by atoms with van der Waals surface area (Å²) >= 11 is 0. The lowest BCUT2D eigenvalue weighted by molar-refractivity contribution is -0.143. The first-order chi connectivity index (χ1) is 20.4. The van der Waals surface area contributed by atoms with Gasteiger partial charge in [0.2, 0.25) is 5.91 Å². The monoisotopic (exact) mass is 616 g/mol. The second kappa shape index (κ2) is 12.2. The maximum Gasteiger partial charge on any atom is 0.416 e. The van der Waals surface area contributed by atoms with Crippen molar-refractivity contribution < 1.29 is 35.9 Å². The van der Waals surface area contributed by atoms with E-state index < -0.39 is 52.3 Å². The number of carbonyl (C=O) groups is 2. The van der Waals surface area contributed by atoms with E-state index in [-0.39, 0.29) is 18.3 Å². The number of halogens is 6. The molecule has 0 bridgehead atoms. The molecule has 6 nitrogen and oxygen atoms in total. The third-order valence-corrected chi connectivity index (χ3v) is 6.83. The van der Waals surface area contributed by atoms with E-state index >= 15 is 0 Å². The van der Waals surface area contributed by atoms with Crippen LogP contribution in [0.1, 0.15) is 59.1 Å². The number of anilines is 1. The van der Waals surface area contributed by atoms with Gasteiger partial charge in [0.1, 0.15) is 11.9 Å². The first-order valence-corrected chi connectivity index (χ1v) is 13.5. The van der Waals surface area contributed by atoms with Gasteiger partial charge in [0.05, 0.1) is 22.5 Å². The number of para-hydroxylation sites is 1. The molecule has 2 amide bonds. The molecule has 1 aromatic heterocycles. The molecule has 232 valence electrons. The number of aryl methyl sites for hydroxylation is 1. The van der Waals surface area contributed by atoms with Crippen LogP contribution < -0.4 is 10.6 Å². The number of nitrogens with one attached hydrogen (secondary N) is 2. The summed E-state index contributed by atoms with van der Waals surface area (Å²) in [6.45, 7) is 7.67. The number of benzene rings is 3. The van der Waals surface area contributed by atoms with Crippen LogP contribution in [0.5, 0.6) is 0 Å². The van der Waals surface area contributed by atoms with E-state index in [1.807, 2.05) is 39.8 Å². The zero-order chi connectivity index (χ0) is 32.4. The highest BCUT2D eigenvalue weighted by molar-refractivity contribution is 6.01. The summed E-state index contributed by atoms with van der Waals surface area (Å²) in [6.07, 6.45) is -10.4. The first-order valence-electron chi connectivity index (χ1n) is 13.5. The summed E-state index contributed by atoms with van der Waals surface area (Å²) < 4.78 is 82.2. The molecule has 0 fully saturated rings. The van der Waals surface area contributed by atoms with Crippen molar-refractivity contribution in [2.75, 3.05) is 5.32 Å². The molecular weight excluding hydrogens is 586 g/mol. The van der Waals surface area contributed by atoms with Gasteiger partial charge in [-0.05, 0) is 42.3 Å². The molecule has 1 unspecified atom stereocenters. The molecule has 0 aliphatic heterocycles. The lowest BCUT2D eigenvalue weighted by Crippen LogP contribution is -2.45. The Balaban J connectivity index is 1.72. The van der Waals surface area contributed by atoms with Gasteiger partial charge in [0.15, 0.2) is 0 Å². The van der Waals surface area contributed by atoms with Gasteiger partial charge in [-0.3, -0.25) is 9.59 Å². The predicted molar refractivity (Wildman–Crippen MR) is 153 cm³/mol. The Morgan fingerprint density at radius 2 is 1.39 bits per heavy atom. The molecule has 1 heterocycles. The lowest BCUT2D eigenvalue weighted by Gasteiger charge is -2.20. The van der Waals surface area contributed by atoms with Gasteiger partial charge < -0.3 is 10.6 Å². The van der Waals surface area contributed by atoms with Crippen molar-refractivity contribution in [2.45, 2.75) is 57.9 Å². The molecule has 12 heteroatoms. The number of nitrogens with zero attached hydrogens (tertiary/aromatic N) is 2. The van der Waals surface area contributed by atoms with Crippen LogP contribution in [0.4, 0.5) is 32.2 Å². The van der Waals surface area contributed by atoms with E-state index in [0.717, 1.165) is 5.56 Å². The molecule has 44 heavy (non-hydrogen) atoms. The highest BCUT2D eigenvalue weighted by Crippen LogP contribution is 2.36. The van der Waals surface area contributed by atoms with Crippen LogP contribution in [0, 0.1) is 6.92 Å². The summed E-state index contributed by atoms with van der Waals surface area (Å²) in [7, 11) is 0. The zero-order valence-corrected chi connectivity index (χ0v) is 24.3. The van der Waals surface area contributed by atoms with Gasteiger partial charge in [0, 0.05) is 23.5 Å². The van der Waals surface area contributed by atoms with Gasteiger partial charge in [-0.25, -0.2) is 4.68 Å². The van der Waals surface area contributed by atoms with Crippen LogP contribution in [0.3, 0.4) is 0 Å². The first kappa shape index (κ1) is 32.3. The molecule has 2 N–H and O–H groups in total. The third kappa shape index (κ3) is 7.66. The summed E-state index contributed by atoms with van der Waals surface area (Å²) in [5.41, 5.74) is -1.82. The van der Waals surface area contributed by atoms with E-state index in [9.17, 15) is 35.9 Å². The second-order valence-electron chi connectivity index (χ2n) is 11.4. The SMILES string of the molecule is Cc1ccccc1-n1nc(C(C)(C)C)cc1NC(=O)C(Cc1ccccc1)NC(=O)c1cc(C(F)(F)F)cc(C(F)(F)F)c1. The number of hydrogen-bond donors (Lipinski definition) is 2. The Morgan fingerprint density at radius 1 is 0.818 bits per heavy atom. The van der Waals surface area contributed by atoms with Crippen molar-refractivity contribution >= 4 is 17.6 Å². The van der Waals surface area contributed by atoms with Crippen LogP contribution >= 0.6 is 0 Å². The largest absolute Gasteiger partial charge is 0.416 e. The summed E-state index contributed by atoms with van der Waals surface area (Å²) in [4.78, 5) is 26.9. The predicted octanol–water partition coefficient (Wildman–Crippen LogP) is 7.50. The molecular formula is C32H30F6N4O2. The molecule has 0 spiro atoms. The van der Waals surface area contributed by atoms with E-state index in [1.165, 1.54) is 4.68 Å². The summed E-state index contributed by atoms with van der Waals surface area (Å²) in [5, 5.41) is 9.80. The van der Waals surface area contributed by atoms with Gasteiger partial charge in [0.25, 0.3) is 5.91 Å². The summed E-state index contributed by atoms with van der Waals surface area (Å²) in [5.74, 6) is -1.76. The second-order valence-corrected chi connectivity index (χ2v) is 11.4. The molecule has 4 aromatic rings. The fourth-order valence-corrected chi connectivity index (χ4v) is 4.42. The standard InChI is InChI=1S/C32H30F6N4O2/c1-19-10-8-9-13-25(19)42-27(18-26(41-42)30(2,3)4)40-29(44)24(14-20-11-6-5-7-12-20)39-28(43)21-15-22(31(33,34)35)17-23(16-21)32(36,37)38/h5-13,15-18,24H,14H2,1-4H3,(H,39,43)(H,40,44). The number of aromatic nitrogens is 2. The van der Waals surface area contributed by atoms with Gasteiger partial charge in [-0.15, -0.1) is 0 Å². The molecule has 0 saturated carbocycles. The topological polar surface area (TPSA) is 76.0 Å². The highest BCUT2D eigenvalue weighted by Gasteiger charge is 2.38. The lowest BCUT2D eigenvalue weighted by atomic mass is 9.92. The third-order valence-electron chi connectivity index (χ3n) is 6.83. The summed E-state index contributed by atoms with van der Waals surface area (Å²) in [6, 6.07) is 16.6. The molecule has 0 aliphatic rings. The maximum atomic E-state index is 13.7. The van der Waals surface area contributed by atoms with E-state index in [4.69, 9.17) is 0 Å². The molecule has 1 atom stereocenters. The smallest absolute Gasteiger partial charge is 0.340 e. The number of alkyl halides is 6. The quantitative estimate of drug-likeness (QED) is 0.211. The average Bonchev–Trinajstić information content (AvgIpc) is 3.36. The highest BCUT2D eigenvalue weighted by atomic mass is 19.4. The molecule has 0 saturated heterocycles. The van der Waals surface area contributed by atoms with Crippen LogP contribution in [-0.2, 0) is 29.0 Å². The van der Waals surface area contributed by atoms with Gasteiger partial charge >= 0.3 is 12.4 Å². The molecule has 0 radical (unpaired) electrons. The van der Waals surface area contributed by atoms with Crippen molar-refractivity contribution in [3.05, 3.63) is 112 Å². The van der Waals surface area contributed by atoms with Crippen molar-refractivity contribution in [1.82, 2.24) is 15.1 Å². The van der Waals surface area contributed by atoms with Crippen LogP contribution in [0.25, 0.3) is 5.69 Å². The molecule has 3 aromatic carbocycles. The van der Waals surface area contributed by atoms with Crippen molar-refractivity contribution in [3.63, 3.8) is 0 Å². The molecule has 4 rings (SSSR count). The minimum atomic E-state index is -5.14. The van der Waals surface area contributed by atoms with Crippen molar-refractivity contribution in [2.24, 2.45) is 0 Å². The number of amides is 2. The van der Waals surface area contributed by atoms with E-state index in [1.54, 1.807) is 48.5 Å². The minimum absolute atomic E-state index is 0.0650. The Morgan fingerprint density at radius 3 is 1.93 bits per heavy atom. The van der Waals surface area contributed by atoms with E-state index in [2.05, 4.69) is 15.7 Å². The van der Waals surface area contributed by atoms with Crippen LogP contribution in [0.2, 0.25) is 0 Å². The fourth-order valence-electron chi connectivity index (χ4n) is 4.42. The number of rotatable bonds is 7. The fraction of sp³-hybridized carbons (Fsp3) is 0.281. The van der Waals surface area contributed by atoms with Crippen LogP contribution in [-0.4, -0.2) is 27.6 Å². The maximum absolute atomic E-state index is 13.7. The number of carbonyl (C=O) groups excluding carboxylic acids is 2. The van der Waals surface area contributed by atoms with Crippen molar-refractivity contribution in [1.29, 1.82) is 0 Å². The van der Waals surface area contributed by atoms with Gasteiger partial charge in [-0.1, -0.05) is 69.3 Å². The Bertz CT molecular complexity index is 1620. The average molecular weight is 617 g/mol. The number of hydrogen-bond acceptors (Lipinski definition) is 3. The Kier molecular flexibility index (Phi) is 8.94. The zero-order valence-electron chi connectivity index (χ0n) is 24.3. The van der Waals surface area contributed by atoms with E-state index in [0.29, 0.717) is 29.1 Å². The Labute approximate surface area is 250 Å².